The maximum Gasteiger partial charge on any atom is 0.193 e. The molecule has 4 nitrogen and oxygen atoms in total. The van der Waals surface area contributed by atoms with Crippen molar-refractivity contribution < 1.29 is 19.0 Å². The molecule has 0 amide bonds. The third-order valence-electron chi connectivity index (χ3n) is 10.7. The van der Waals surface area contributed by atoms with Crippen LogP contribution in [0, 0.1) is 46.8 Å². The Morgan fingerprint density at radius 3 is 2.25 bits per heavy atom. The molecule has 0 bridgehead atoms. The highest BCUT2D eigenvalue weighted by molar-refractivity contribution is 6.74. The largest absolute Gasteiger partial charge is 0.403 e. The van der Waals surface area contributed by atoms with Crippen molar-refractivity contribution in [2.24, 2.45) is 35.0 Å². The third-order valence-corrected chi connectivity index (χ3v) is 15.2. The summed E-state index contributed by atoms with van der Waals surface area (Å²) in [4.78, 5) is 0. The second kappa shape index (κ2) is 10.6. The van der Waals surface area contributed by atoms with Crippen molar-refractivity contribution in [3.05, 3.63) is 0 Å². The Hall–Kier alpha value is -0.383. The molecule has 1 spiro atoms. The lowest BCUT2D eigenvalue weighted by molar-refractivity contribution is -0.393. The summed E-state index contributed by atoms with van der Waals surface area (Å²) in [5.41, 5.74) is -0.0394. The zero-order chi connectivity index (χ0) is 26.4. The molecule has 206 valence electrons. The highest BCUT2D eigenvalue weighted by atomic mass is 28.4. The Morgan fingerprint density at radius 2 is 1.69 bits per heavy atom. The van der Waals surface area contributed by atoms with Gasteiger partial charge in [-0.1, -0.05) is 72.6 Å². The lowest BCUT2D eigenvalue weighted by Crippen LogP contribution is -2.75. The van der Waals surface area contributed by atoms with E-state index in [2.05, 4.69) is 66.5 Å². The van der Waals surface area contributed by atoms with Crippen LogP contribution in [0.5, 0.6) is 0 Å². The van der Waals surface area contributed by atoms with Gasteiger partial charge < -0.3 is 19.0 Å². The first-order valence-corrected chi connectivity index (χ1v) is 17.9. The summed E-state index contributed by atoms with van der Waals surface area (Å²) in [5, 5.41) is 11.5. The Balaban J connectivity index is 1.67. The number of aliphatic hydroxyl groups is 1. The summed E-state index contributed by atoms with van der Waals surface area (Å²) in [6.07, 6.45) is 9.75. The molecule has 1 saturated heterocycles. The fraction of sp³-hybridized carbons (Fsp3) is 0.935. The van der Waals surface area contributed by atoms with Gasteiger partial charge in [0.05, 0.1) is 25.2 Å². The van der Waals surface area contributed by atoms with Crippen LogP contribution in [0.4, 0.5) is 0 Å². The van der Waals surface area contributed by atoms with Crippen LogP contribution in [0.3, 0.4) is 0 Å². The molecule has 0 aromatic carbocycles. The summed E-state index contributed by atoms with van der Waals surface area (Å²) in [6, 6.07) is 0. The van der Waals surface area contributed by atoms with E-state index in [4.69, 9.17) is 13.9 Å². The second-order valence-corrected chi connectivity index (χ2v) is 19.0. The van der Waals surface area contributed by atoms with E-state index >= 15 is 0 Å². The van der Waals surface area contributed by atoms with Crippen molar-refractivity contribution in [2.75, 3.05) is 13.2 Å². The van der Waals surface area contributed by atoms with Crippen LogP contribution in [0.1, 0.15) is 99.3 Å². The number of hydrogen-bond donors (Lipinski definition) is 1. The molecule has 5 heteroatoms. The molecule has 36 heavy (non-hydrogen) atoms. The van der Waals surface area contributed by atoms with Crippen LogP contribution in [0.15, 0.2) is 0 Å². The van der Waals surface area contributed by atoms with Gasteiger partial charge in [0.25, 0.3) is 0 Å². The van der Waals surface area contributed by atoms with E-state index in [1.165, 1.54) is 32.1 Å². The quantitative estimate of drug-likeness (QED) is 0.299. The highest BCUT2D eigenvalue weighted by Crippen LogP contribution is 2.72. The second-order valence-electron chi connectivity index (χ2n) is 14.3. The van der Waals surface area contributed by atoms with Crippen LogP contribution in [-0.2, 0) is 13.9 Å². The summed E-state index contributed by atoms with van der Waals surface area (Å²) in [6.45, 7) is 19.9. The smallest absolute Gasteiger partial charge is 0.193 e. The van der Waals surface area contributed by atoms with E-state index in [0.29, 0.717) is 36.9 Å². The van der Waals surface area contributed by atoms with Crippen molar-refractivity contribution in [1.82, 2.24) is 0 Å². The van der Waals surface area contributed by atoms with E-state index < -0.39 is 14.1 Å². The van der Waals surface area contributed by atoms with E-state index in [-0.39, 0.29) is 28.6 Å². The van der Waals surface area contributed by atoms with Crippen LogP contribution < -0.4 is 0 Å². The third kappa shape index (κ3) is 4.88. The lowest BCUT2D eigenvalue weighted by atomic mass is 9.39. The van der Waals surface area contributed by atoms with Gasteiger partial charge in [-0.25, -0.2) is 0 Å². The predicted molar refractivity (Wildman–Crippen MR) is 149 cm³/mol. The van der Waals surface area contributed by atoms with Crippen molar-refractivity contribution in [2.45, 2.75) is 135 Å². The zero-order valence-corrected chi connectivity index (χ0v) is 25.5. The standard InChI is InChI=1S/C31H54O4Si/c1-9-30-18-17-26(32)24(28(30)25(21-22(2)3)31(30)33-19-20-34-31)15-16-27(23-13-11-10-12-14-23)35-36(7,8)29(4,5)6/h22-28,32H,9-14,17-21H2,1-8H3/t24-,25?,26+,27+,28-,30-/m0/s1. The molecule has 4 fully saturated rings. The Bertz CT molecular complexity index is 809. The van der Waals surface area contributed by atoms with Crippen LogP contribution in [0.25, 0.3) is 0 Å². The topological polar surface area (TPSA) is 47.9 Å². The molecule has 3 saturated carbocycles. The first-order valence-electron chi connectivity index (χ1n) is 15.0. The molecule has 0 aromatic rings. The van der Waals surface area contributed by atoms with Crippen molar-refractivity contribution in [3.8, 4) is 11.8 Å². The molecule has 1 heterocycles. The first-order chi connectivity index (χ1) is 16.9. The van der Waals surface area contributed by atoms with Crippen molar-refractivity contribution >= 4 is 8.32 Å². The van der Waals surface area contributed by atoms with Gasteiger partial charge in [-0.2, -0.15) is 0 Å². The zero-order valence-electron chi connectivity index (χ0n) is 24.5. The van der Waals surface area contributed by atoms with E-state index in [1.807, 2.05) is 0 Å². The van der Waals surface area contributed by atoms with Gasteiger partial charge >= 0.3 is 0 Å². The van der Waals surface area contributed by atoms with E-state index in [9.17, 15) is 5.11 Å². The number of hydrogen-bond acceptors (Lipinski definition) is 4. The fourth-order valence-corrected chi connectivity index (χ4v) is 9.06. The molecule has 4 aliphatic rings. The monoisotopic (exact) mass is 518 g/mol. The molecule has 0 radical (unpaired) electrons. The first kappa shape index (κ1) is 28.6. The summed E-state index contributed by atoms with van der Waals surface area (Å²) in [5.74, 6) is 8.62. The molecular weight excluding hydrogens is 464 g/mol. The number of fused-ring (bicyclic) bond motifs is 2. The number of rotatable bonds is 6. The minimum atomic E-state index is -1.96. The van der Waals surface area contributed by atoms with Gasteiger partial charge in [0.2, 0.25) is 0 Å². The van der Waals surface area contributed by atoms with Crippen LogP contribution >= 0.6 is 0 Å². The minimum Gasteiger partial charge on any atom is -0.403 e. The maximum absolute atomic E-state index is 11.4. The molecule has 3 aliphatic carbocycles. The number of ether oxygens (including phenoxy) is 2. The number of aliphatic hydroxyl groups excluding tert-OH is 1. The van der Waals surface area contributed by atoms with Gasteiger partial charge in [0.1, 0.15) is 6.10 Å². The van der Waals surface area contributed by atoms with Crippen LogP contribution in [-0.4, -0.2) is 44.6 Å². The van der Waals surface area contributed by atoms with Crippen molar-refractivity contribution in [3.63, 3.8) is 0 Å². The SMILES string of the molecule is CC[C@]12CC[C@@H](O)[C@H](C#C[C@@H](O[Si](C)(C)C(C)(C)C)C3CCCCC3)[C@H]1C(CC(C)C)C21OCCO1. The van der Waals surface area contributed by atoms with Gasteiger partial charge in [-0.3, -0.25) is 0 Å². The summed E-state index contributed by atoms with van der Waals surface area (Å²) < 4.78 is 20.0. The normalized spacial score (nSPS) is 35.7. The fourth-order valence-electron chi connectivity index (χ4n) is 7.82. The average molecular weight is 519 g/mol. The van der Waals surface area contributed by atoms with Gasteiger partial charge in [0, 0.05) is 11.3 Å². The Labute approximate surface area is 222 Å². The van der Waals surface area contributed by atoms with E-state index in [1.54, 1.807) is 0 Å². The Kier molecular flexibility index (Phi) is 8.46. The molecule has 6 atom stereocenters. The average Bonchev–Trinajstić information content (AvgIpc) is 3.33. The molecular formula is C31H54O4Si. The van der Waals surface area contributed by atoms with Gasteiger partial charge in [-0.05, 0) is 74.4 Å². The van der Waals surface area contributed by atoms with Crippen molar-refractivity contribution in [1.29, 1.82) is 0 Å². The minimum absolute atomic E-state index is 0.0205. The van der Waals surface area contributed by atoms with E-state index in [0.717, 1.165) is 25.7 Å². The molecule has 1 N–H and O–H groups in total. The molecule has 0 aromatic heterocycles. The summed E-state index contributed by atoms with van der Waals surface area (Å²) in [7, 11) is -1.96. The molecule has 1 unspecified atom stereocenters. The summed E-state index contributed by atoms with van der Waals surface area (Å²) >= 11 is 0. The molecule has 1 aliphatic heterocycles. The van der Waals surface area contributed by atoms with Crippen LogP contribution in [0.2, 0.25) is 18.1 Å². The predicted octanol–water partition coefficient (Wildman–Crippen LogP) is 7.16. The lowest BCUT2D eigenvalue weighted by Gasteiger charge is -2.70. The van der Waals surface area contributed by atoms with Gasteiger partial charge in [-0.15, -0.1) is 0 Å². The highest BCUT2D eigenvalue weighted by Gasteiger charge is 2.76. The molecule has 4 rings (SSSR count). The Morgan fingerprint density at radius 1 is 1.06 bits per heavy atom. The van der Waals surface area contributed by atoms with Gasteiger partial charge in [0.15, 0.2) is 14.1 Å². The maximum atomic E-state index is 11.4.